The monoisotopic (exact) mass is 1160 g/mol. The summed E-state index contributed by atoms with van der Waals surface area (Å²) in [5, 5.41) is 54.5. The van der Waals surface area contributed by atoms with Crippen LogP contribution in [0.5, 0.6) is 0 Å². The van der Waals surface area contributed by atoms with Gasteiger partial charge >= 0.3 is 5.97 Å². The average molecular weight is 1160 g/mol. The number of hydrogen-bond donors (Lipinski definition) is 6. The molecule has 0 spiro atoms. The molecule has 11 heteroatoms. The number of ether oxygens (including phenoxy) is 3. The second-order valence-corrected chi connectivity index (χ2v) is 25.3. The fourth-order valence-electron chi connectivity index (χ4n) is 11.7. The van der Waals surface area contributed by atoms with Gasteiger partial charge in [-0.3, -0.25) is 9.59 Å². The van der Waals surface area contributed by atoms with Gasteiger partial charge in [-0.1, -0.05) is 334 Å². The molecule has 1 aliphatic heterocycles. The number of hydrogen-bond acceptors (Lipinski definition) is 10. The fourth-order valence-corrected chi connectivity index (χ4v) is 11.7. The molecule has 0 aliphatic carbocycles. The molecule has 82 heavy (non-hydrogen) atoms. The van der Waals surface area contributed by atoms with E-state index in [1.807, 2.05) is 6.08 Å². The molecule has 0 saturated carbocycles. The zero-order valence-electron chi connectivity index (χ0n) is 54.0. The fraction of sp³-hybridized carbons (Fsp3) is 0.944. The molecule has 1 amide bonds. The van der Waals surface area contributed by atoms with Crippen LogP contribution in [0.1, 0.15) is 367 Å². The minimum atomic E-state index is -1.57. The predicted octanol–water partition coefficient (Wildman–Crippen LogP) is 18.2. The molecule has 0 aromatic carbocycles. The third-order valence-corrected chi connectivity index (χ3v) is 17.4. The minimum Gasteiger partial charge on any atom is -0.466 e. The van der Waals surface area contributed by atoms with Crippen LogP contribution in [0.15, 0.2) is 12.2 Å². The molecular formula is C71H137NO10. The third kappa shape index (κ3) is 49.5. The van der Waals surface area contributed by atoms with Gasteiger partial charge in [-0.25, -0.2) is 0 Å². The maximum absolute atomic E-state index is 13.1. The van der Waals surface area contributed by atoms with Crippen LogP contribution in [0.4, 0.5) is 0 Å². The lowest BCUT2D eigenvalue weighted by atomic mass is 9.99. The molecule has 7 unspecified atom stereocenters. The molecule has 6 N–H and O–H groups in total. The predicted molar refractivity (Wildman–Crippen MR) is 343 cm³/mol. The molecular weight excluding hydrogens is 1030 g/mol. The Morgan fingerprint density at radius 3 is 1.13 bits per heavy atom. The average Bonchev–Trinajstić information content (AvgIpc) is 3.68. The molecule has 1 rings (SSSR count). The molecule has 1 fully saturated rings. The van der Waals surface area contributed by atoms with E-state index in [2.05, 4.69) is 19.2 Å². The topological polar surface area (TPSA) is 175 Å². The van der Waals surface area contributed by atoms with Gasteiger partial charge in [0.15, 0.2) is 6.29 Å². The van der Waals surface area contributed by atoms with Gasteiger partial charge < -0.3 is 45.1 Å². The Morgan fingerprint density at radius 1 is 0.439 bits per heavy atom. The number of aliphatic hydroxyl groups excluding tert-OH is 5. The summed E-state index contributed by atoms with van der Waals surface area (Å²) < 4.78 is 16.7. The van der Waals surface area contributed by atoms with Gasteiger partial charge in [0, 0.05) is 12.8 Å². The van der Waals surface area contributed by atoms with Crippen LogP contribution in [0.2, 0.25) is 0 Å². The van der Waals surface area contributed by atoms with Gasteiger partial charge in [0.05, 0.1) is 32.0 Å². The Balaban J connectivity index is 1.93. The summed E-state index contributed by atoms with van der Waals surface area (Å²) in [5.74, 6) is -0.162. The second-order valence-electron chi connectivity index (χ2n) is 25.3. The number of unbranched alkanes of at least 4 members (excludes halogenated alkanes) is 50. The quantitative estimate of drug-likeness (QED) is 0.0195. The first kappa shape index (κ1) is 78.4. The van der Waals surface area contributed by atoms with Crippen LogP contribution < -0.4 is 5.32 Å². The number of rotatable bonds is 64. The maximum atomic E-state index is 13.1. The zero-order valence-corrected chi connectivity index (χ0v) is 54.0. The highest BCUT2D eigenvalue weighted by molar-refractivity contribution is 5.76. The largest absolute Gasteiger partial charge is 0.466 e. The number of esters is 1. The van der Waals surface area contributed by atoms with E-state index in [0.717, 1.165) is 51.4 Å². The van der Waals surface area contributed by atoms with Crippen molar-refractivity contribution in [2.45, 2.75) is 410 Å². The molecule has 1 heterocycles. The minimum absolute atomic E-state index is 0.0132. The lowest BCUT2D eigenvalue weighted by molar-refractivity contribution is -0.302. The van der Waals surface area contributed by atoms with Crippen LogP contribution in [-0.4, -0.2) is 100 Å². The normalized spacial score (nSPS) is 18.2. The van der Waals surface area contributed by atoms with Gasteiger partial charge in [-0.2, -0.15) is 0 Å². The van der Waals surface area contributed by atoms with Crippen molar-refractivity contribution in [3.05, 3.63) is 12.2 Å². The first-order valence-electron chi connectivity index (χ1n) is 36.0. The lowest BCUT2D eigenvalue weighted by Crippen LogP contribution is -2.60. The van der Waals surface area contributed by atoms with Crippen LogP contribution in [0.3, 0.4) is 0 Å². The Morgan fingerprint density at radius 2 is 0.768 bits per heavy atom. The Hall–Kier alpha value is -1.60. The van der Waals surface area contributed by atoms with Crippen molar-refractivity contribution in [1.29, 1.82) is 0 Å². The van der Waals surface area contributed by atoms with Crippen molar-refractivity contribution >= 4 is 11.9 Å². The van der Waals surface area contributed by atoms with Crippen molar-refractivity contribution in [2.75, 3.05) is 19.8 Å². The zero-order chi connectivity index (χ0) is 59.5. The third-order valence-electron chi connectivity index (χ3n) is 17.4. The molecule has 0 bridgehead atoms. The molecule has 486 valence electrons. The van der Waals surface area contributed by atoms with Crippen molar-refractivity contribution in [2.24, 2.45) is 0 Å². The molecule has 0 aromatic rings. The molecule has 0 aromatic heterocycles. The standard InChI is InChI=1S/C71H137NO10/c1-3-5-7-9-11-13-15-38-41-45-49-53-57-64(74)63(62-81-71-70(79)69(78)68(77)65(61-73)82-71)72-66(75)58-54-50-46-42-39-35-33-31-29-27-25-23-21-19-17-16-18-20-22-24-26-28-30-32-34-36-40-44-48-52-56-60-80-67(76)59-55-51-47-43-37-14-12-10-8-6-4-2/h53,57,63-65,68-71,73-74,77-79H,3-52,54-56,58-62H2,1-2H3,(H,72,75)/b57-53+. The van der Waals surface area contributed by atoms with Crippen molar-refractivity contribution in [3.63, 3.8) is 0 Å². The Labute approximate surface area is 506 Å². The first-order chi connectivity index (χ1) is 40.2. The summed E-state index contributed by atoms with van der Waals surface area (Å²) in [6.07, 6.45) is 65.0. The Bertz CT molecular complexity index is 1370. The number of carbonyl (C=O) groups excluding carboxylic acids is 2. The van der Waals surface area contributed by atoms with Crippen LogP contribution >= 0.6 is 0 Å². The number of allylic oxidation sites excluding steroid dienone is 1. The number of nitrogens with one attached hydrogen (secondary N) is 1. The van der Waals surface area contributed by atoms with E-state index in [0.29, 0.717) is 19.4 Å². The molecule has 11 nitrogen and oxygen atoms in total. The van der Waals surface area contributed by atoms with Crippen LogP contribution in [0, 0.1) is 0 Å². The molecule has 7 atom stereocenters. The van der Waals surface area contributed by atoms with E-state index in [9.17, 15) is 35.1 Å². The Kier molecular flexibility index (Phi) is 58.4. The smallest absolute Gasteiger partial charge is 0.305 e. The van der Waals surface area contributed by atoms with E-state index < -0.39 is 49.5 Å². The highest BCUT2D eigenvalue weighted by Gasteiger charge is 2.44. The summed E-state index contributed by atoms with van der Waals surface area (Å²) >= 11 is 0. The highest BCUT2D eigenvalue weighted by atomic mass is 16.7. The summed E-state index contributed by atoms with van der Waals surface area (Å²) in [6.45, 7) is 4.38. The van der Waals surface area contributed by atoms with Crippen LogP contribution in [-0.2, 0) is 23.8 Å². The molecule has 1 aliphatic rings. The van der Waals surface area contributed by atoms with Gasteiger partial charge in [-0.15, -0.1) is 0 Å². The number of aliphatic hydroxyl groups is 5. The van der Waals surface area contributed by atoms with E-state index >= 15 is 0 Å². The van der Waals surface area contributed by atoms with E-state index in [1.54, 1.807) is 6.08 Å². The second kappa shape index (κ2) is 61.1. The maximum Gasteiger partial charge on any atom is 0.305 e. The lowest BCUT2D eigenvalue weighted by Gasteiger charge is -2.40. The SMILES string of the molecule is CCCCCCCCCCCC/C=C/C(O)C(COC1OC(CO)C(O)C(O)C1O)NC(=O)CCCCCCCCCCCCCCCCCCCCCCCCCCCCCCCCCOC(=O)CCCCCCCCCCCCC. The highest BCUT2D eigenvalue weighted by Crippen LogP contribution is 2.24. The summed E-state index contributed by atoms with van der Waals surface area (Å²) in [5.41, 5.74) is 0. The van der Waals surface area contributed by atoms with E-state index in [4.69, 9.17) is 14.2 Å². The molecule has 0 radical (unpaired) electrons. The van der Waals surface area contributed by atoms with Crippen molar-refractivity contribution < 1.29 is 49.3 Å². The molecule has 1 saturated heterocycles. The van der Waals surface area contributed by atoms with Gasteiger partial charge in [0.25, 0.3) is 0 Å². The summed E-state index contributed by atoms with van der Waals surface area (Å²) in [7, 11) is 0. The number of carbonyl (C=O) groups is 2. The summed E-state index contributed by atoms with van der Waals surface area (Å²) in [6, 6.07) is -0.805. The van der Waals surface area contributed by atoms with E-state index in [1.165, 1.54) is 289 Å². The van der Waals surface area contributed by atoms with Crippen molar-refractivity contribution in [1.82, 2.24) is 5.32 Å². The van der Waals surface area contributed by atoms with Gasteiger partial charge in [0.1, 0.15) is 24.4 Å². The van der Waals surface area contributed by atoms with E-state index in [-0.39, 0.29) is 18.5 Å². The first-order valence-corrected chi connectivity index (χ1v) is 36.0. The van der Waals surface area contributed by atoms with Gasteiger partial charge in [-0.05, 0) is 32.1 Å². The van der Waals surface area contributed by atoms with Crippen molar-refractivity contribution in [3.8, 4) is 0 Å². The van der Waals surface area contributed by atoms with Gasteiger partial charge in [0.2, 0.25) is 5.91 Å². The summed E-state index contributed by atoms with van der Waals surface area (Å²) in [4.78, 5) is 25.1. The number of amides is 1. The van der Waals surface area contributed by atoms with Crippen LogP contribution in [0.25, 0.3) is 0 Å².